The highest BCUT2D eigenvalue weighted by atomic mass is 35.5. The summed E-state index contributed by atoms with van der Waals surface area (Å²) < 4.78 is 11.1. The molecule has 1 aromatic heterocycles. The van der Waals surface area contributed by atoms with E-state index in [0.717, 1.165) is 16.2 Å². The number of amides is 5. The van der Waals surface area contributed by atoms with E-state index in [1.807, 2.05) is 18.2 Å². The molecule has 0 radical (unpaired) electrons. The molecule has 12 nitrogen and oxygen atoms in total. The van der Waals surface area contributed by atoms with Crippen LogP contribution in [0.4, 0.5) is 16.2 Å². The fourth-order valence-electron chi connectivity index (χ4n) is 4.87. The summed E-state index contributed by atoms with van der Waals surface area (Å²) in [7, 11) is 0. The number of halogens is 1. The summed E-state index contributed by atoms with van der Waals surface area (Å²) in [5, 5.41) is 2.64. The lowest BCUT2D eigenvalue weighted by Gasteiger charge is -2.27. The topological polar surface area (TPSA) is 152 Å². The average molecular weight is 684 g/mol. The van der Waals surface area contributed by atoms with Crippen LogP contribution in [0.1, 0.15) is 34.5 Å². The minimum Gasteiger partial charge on any atom is -0.442 e. The fourth-order valence-corrected chi connectivity index (χ4v) is 5.86. The van der Waals surface area contributed by atoms with Gasteiger partial charge in [0.1, 0.15) is 12.7 Å². The van der Waals surface area contributed by atoms with Gasteiger partial charge in [-0.3, -0.25) is 29.0 Å². The Hall–Kier alpha value is -4.30. The minimum atomic E-state index is -0.750. The van der Waals surface area contributed by atoms with Crippen LogP contribution in [-0.2, 0) is 23.9 Å². The summed E-state index contributed by atoms with van der Waals surface area (Å²) in [6.45, 7) is 3.26. The second-order valence-corrected chi connectivity index (χ2v) is 12.5. The molecule has 2 aromatic carbocycles. The van der Waals surface area contributed by atoms with Gasteiger partial charge >= 0.3 is 6.09 Å². The number of benzene rings is 2. The Kier molecular flexibility index (Phi) is 13.3. The van der Waals surface area contributed by atoms with Crippen molar-refractivity contribution in [2.45, 2.75) is 32.3 Å². The number of carbonyl (C=O) groups excluding carboxylic acids is 5. The molecular weight excluding hydrogens is 646 g/mol. The molecule has 2 fully saturated rings. The van der Waals surface area contributed by atoms with E-state index in [0.29, 0.717) is 53.1 Å². The molecule has 0 aliphatic carbocycles. The van der Waals surface area contributed by atoms with Crippen molar-refractivity contribution in [3.05, 3.63) is 81.5 Å². The maximum Gasteiger partial charge on any atom is 0.414 e. The number of aryl methyl sites for hydroxylation is 1. The van der Waals surface area contributed by atoms with Crippen molar-refractivity contribution in [1.82, 2.24) is 10.2 Å². The number of nitrogens with two attached hydrogens (primary N) is 1. The largest absolute Gasteiger partial charge is 0.442 e. The lowest BCUT2D eigenvalue weighted by atomic mass is 10.2. The third-order valence-corrected chi connectivity index (χ3v) is 8.53. The predicted molar refractivity (Wildman–Crippen MR) is 180 cm³/mol. The Morgan fingerprint density at radius 3 is 2.30 bits per heavy atom. The van der Waals surface area contributed by atoms with Crippen LogP contribution in [0.25, 0.3) is 0 Å². The third kappa shape index (κ3) is 10.3. The lowest BCUT2D eigenvalue weighted by molar-refractivity contribution is -0.129. The van der Waals surface area contributed by atoms with Gasteiger partial charge in [0.2, 0.25) is 11.8 Å². The van der Waals surface area contributed by atoms with E-state index in [-0.39, 0.29) is 44.5 Å². The van der Waals surface area contributed by atoms with Gasteiger partial charge in [0, 0.05) is 30.9 Å². The molecule has 5 amide bonds. The number of rotatable bonds is 11. The van der Waals surface area contributed by atoms with Crippen molar-refractivity contribution in [3.63, 3.8) is 0 Å². The van der Waals surface area contributed by atoms with Crippen molar-refractivity contribution in [3.8, 4) is 0 Å². The summed E-state index contributed by atoms with van der Waals surface area (Å²) in [6.07, 6.45) is -0.319. The monoisotopic (exact) mass is 683 g/mol. The number of hydrogen-bond acceptors (Lipinski definition) is 9. The van der Waals surface area contributed by atoms with E-state index in [2.05, 4.69) is 24.4 Å². The minimum absolute atomic E-state index is 0.0261. The van der Waals surface area contributed by atoms with Crippen LogP contribution in [0.2, 0.25) is 4.34 Å². The summed E-state index contributed by atoms with van der Waals surface area (Å²) in [5.41, 5.74) is 7.84. The SMILES string of the molecule is Cc1ccccc1.NCC(=O)NCCCCC(=O)N(CC1CN(c2ccc(N3CCOCC3=O)cc2)C(=O)O1)C(=O)c1ccc(Cl)s1. The molecule has 2 saturated heterocycles. The first kappa shape index (κ1) is 35.6. The van der Waals surface area contributed by atoms with Crippen LogP contribution in [0.15, 0.2) is 66.7 Å². The van der Waals surface area contributed by atoms with Crippen molar-refractivity contribution in [1.29, 1.82) is 0 Å². The number of carbonyl (C=O) groups is 5. The Morgan fingerprint density at radius 2 is 1.70 bits per heavy atom. The zero-order chi connectivity index (χ0) is 33.8. The molecule has 0 spiro atoms. The fraction of sp³-hybridized carbons (Fsp3) is 0.364. The van der Waals surface area contributed by atoms with Gasteiger partial charge < -0.3 is 25.4 Å². The first-order chi connectivity index (χ1) is 22.7. The first-order valence-corrected chi connectivity index (χ1v) is 16.4. The predicted octanol–water partition coefficient (Wildman–Crippen LogP) is 4.00. The van der Waals surface area contributed by atoms with E-state index < -0.39 is 24.0 Å². The van der Waals surface area contributed by atoms with E-state index >= 15 is 0 Å². The summed E-state index contributed by atoms with van der Waals surface area (Å²) in [4.78, 5) is 66.9. The third-order valence-electron chi connectivity index (χ3n) is 7.31. The van der Waals surface area contributed by atoms with E-state index in [1.54, 1.807) is 41.3 Å². The van der Waals surface area contributed by atoms with Gasteiger partial charge in [-0.25, -0.2) is 4.79 Å². The number of anilines is 2. The molecule has 3 heterocycles. The second kappa shape index (κ2) is 17.6. The zero-order valence-corrected chi connectivity index (χ0v) is 27.6. The molecule has 14 heteroatoms. The number of hydrogen-bond donors (Lipinski definition) is 2. The highest BCUT2D eigenvalue weighted by Gasteiger charge is 2.36. The molecule has 0 bridgehead atoms. The molecule has 3 aromatic rings. The number of imide groups is 1. The highest BCUT2D eigenvalue weighted by Crippen LogP contribution is 2.27. The maximum atomic E-state index is 13.2. The van der Waals surface area contributed by atoms with Crippen LogP contribution in [-0.4, -0.2) is 86.7 Å². The van der Waals surface area contributed by atoms with Gasteiger partial charge in [-0.05, 0) is 56.2 Å². The van der Waals surface area contributed by atoms with Crippen molar-refractivity contribution < 1.29 is 33.4 Å². The van der Waals surface area contributed by atoms with Crippen molar-refractivity contribution >= 4 is 64.0 Å². The van der Waals surface area contributed by atoms with Crippen molar-refractivity contribution in [2.75, 3.05) is 55.7 Å². The van der Waals surface area contributed by atoms with E-state index in [9.17, 15) is 24.0 Å². The number of nitrogens with one attached hydrogen (secondary N) is 1. The van der Waals surface area contributed by atoms with Crippen LogP contribution in [0.5, 0.6) is 0 Å². The molecule has 1 atom stereocenters. The van der Waals surface area contributed by atoms with Gasteiger partial charge in [0.15, 0.2) is 0 Å². The summed E-state index contributed by atoms with van der Waals surface area (Å²) in [6, 6.07) is 20.3. The average Bonchev–Trinajstić information content (AvgIpc) is 3.68. The molecule has 47 heavy (non-hydrogen) atoms. The summed E-state index contributed by atoms with van der Waals surface area (Å²) in [5.74, 6) is -1.36. The molecule has 250 valence electrons. The highest BCUT2D eigenvalue weighted by molar-refractivity contribution is 7.18. The quantitative estimate of drug-likeness (QED) is 0.288. The molecule has 2 aliphatic heterocycles. The molecule has 0 saturated carbocycles. The number of unbranched alkanes of at least 4 members (excludes halogenated alkanes) is 1. The normalized spacial score (nSPS) is 15.9. The molecular formula is C33H38ClN5O7S. The zero-order valence-electron chi connectivity index (χ0n) is 26.1. The number of thiophene rings is 1. The molecule has 1 unspecified atom stereocenters. The van der Waals surface area contributed by atoms with Gasteiger partial charge in [-0.1, -0.05) is 47.5 Å². The number of ether oxygens (including phenoxy) is 2. The lowest BCUT2D eigenvalue weighted by Crippen LogP contribution is -2.43. The Labute approximate surface area is 282 Å². The van der Waals surface area contributed by atoms with Crippen LogP contribution in [0.3, 0.4) is 0 Å². The first-order valence-electron chi connectivity index (χ1n) is 15.2. The Bertz CT molecular complexity index is 1540. The van der Waals surface area contributed by atoms with Gasteiger partial charge in [0.05, 0.1) is 35.5 Å². The van der Waals surface area contributed by atoms with Crippen LogP contribution < -0.4 is 20.9 Å². The molecule has 3 N–H and O–H groups in total. The van der Waals surface area contributed by atoms with Gasteiger partial charge in [-0.15, -0.1) is 11.3 Å². The van der Waals surface area contributed by atoms with Gasteiger partial charge in [0.25, 0.3) is 11.8 Å². The van der Waals surface area contributed by atoms with Crippen LogP contribution >= 0.6 is 22.9 Å². The maximum absolute atomic E-state index is 13.2. The standard InChI is InChI=1S/C26H30ClN5O7S.C7H8/c27-21-9-8-20(40-21)25(36)32(23(34)3-1-2-10-29-22(33)13-28)15-19-14-31(26(37)39-19)18-6-4-17(5-7-18)30-11-12-38-16-24(30)35;1-7-5-3-2-4-6-7/h4-9,19H,1-3,10-16,28H2,(H,29,33);2-6H,1H3. The number of morpholine rings is 1. The van der Waals surface area contributed by atoms with Crippen LogP contribution in [0, 0.1) is 6.92 Å². The van der Waals surface area contributed by atoms with E-state index in [4.69, 9.17) is 26.8 Å². The smallest absolute Gasteiger partial charge is 0.414 e. The summed E-state index contributed by atoms with van der Waals surface area (Å²) >= 11 is 7.06. The molecule has 5 rings (SSSR count). The number of nitrogens with zero attached hydrogens (tertiary/aromatic N) is 3. The van der Waals surface area contributed by atoms with Gasteiger partial charge in [-0.2, -0.15) is 0 Å². The van der Waals surface area contributed by atoms with E-state index in [1.165, 1.54) is 10.5 Å². The van der Waals surface area contributed by atoms with Crippen molar-refractivity contribution in [2.24, 2.45) is 5.73 Å². The second-order valence-electron chi connectivity index (χ2n) is 10.8. The Balaban J connectivity index is 0.000000632. The molecule has 2 aliphatic rings. The Morgan fingerprint density at radius 1 is 1.00 bits per heavy atom. The number of cyclic esters (lactones) is 1.